The lowest BCUT2D eigenvalue weighted by atomic mass is 9.79. The highest BCUT2D eigenvalue weighted by atomic mass is 32.2. The summed E-state index contributed by atoms with van der Waals surface area (Å²) in [5.74, 6) is 0.456. The number of ether oxygens (including phenoxy) is 1. The third-order valence-electron chi connectivity index (χ3n) is 4.71. The summed E-state index contributed by atoms with van der Waals surface area (Å²) in [5, 5.41) is 18.9. The number of carbonyl (C=O) groups excluding carboxylic acids is 1. The van der Waals surface area contributed by atoms with Crippen LogP contribution in [0.2, 0.25) is 0 Å². The van der Waals surface area contributed by atoms with Gasteiger partial charge in [-0.2, -0.15) is 0 Å². The molecule has 1 saturated carbocycles. The van der Waals surface area contributed by atoms with Crippen molar-refractivity contribution in [2.75, 3.05) is 19.4 Å². The molecule has 1 amide bonds. The maximum atomic E-state index is 12.6. The van der Waals surface area contributed by atoms with Crippen LogP contribution < -0.4 is 0 Å². The Hall–Kier alpha value is -0.700. The first-order valence-electron chi connectivity index (χ1n) is 7.50. The van der Waals surface area contributed by atoms with E-state index in [0.717, 1.165) is 28.6 Å². The minimum absolute atomic E-state index is 0.00879. The third-order valence-corrected chi connectivity index (χ3v) is 6.67. The molecule has 3 rings (SSSR count). The fourth-order valence-electron chi connectivity index (χ4n) is 3.52. The van der Waals surface area contributed by atoms with E-state index in [4.69, 9.17) is 4.74 Å². The molecule has 0 unspecified atom stereocenters. The predicted octanol–water partition coefficient (Wildman–Crippen LogP) is 1.47. The monoisotopic (exact) mass is 343 g/mol. The molecule has 1 aliphatic heterocycles. The Labute approximate surface area is 138 Å². The number of fused-ring (bicyclic) bond motifs is 1. The molecule has 1 saturated heterocycles. The number of likely N-dealkylation sites (tertiary alicyclic amines) is 1. The molecule has 8 heteroatoms. The number of aryl methyl sites for hydroxylation is 1. The molecule has 22 heavy (non-hydrogen) atoms. The zero-order valence-electron chi connectivity index (χ0n) is 12.8. The second-order valence-electron chi connectivity index (χ2n) is 5.93. The summed E-state index contributed by atoms with van der Waals surface area (Å²) in [6, 6.07) is -0.00879. The topological polar surface area (TPSA) is 75.6 Å². The molecule has 0 bridgehead atoms. The first-order chi connectivity index (χ1) is 10.5. The Balaban J connectivity index is 1.64. The molecular weight excluding hydrogens is 322 g/mol. The number of thioether (sulfide) groups is 1. The SMILES string of the molecule is CO[C@@]12CC[C@@H](O)C[C@@H]1N(C(=O)CSc1nnc(C)s1)CC2. The number of aliphatic hydroxyl groups is 1. The van der Waals surface area contributed by atoms with Gasteiger partial charge in [-0.15, -0.1) is 10.2 Å². The van der Waals surface area contributed by atoms with Crippen molar-refractivity contribution in [1.82, 2.24) is 15.1 Å². The van der Waals surface area contributed by atoms with Crippen LogP contribution in [-0.2, 0) is 9.53 Å². The maximum Gasteiger partial charge on any atom is 0.233 e. The first kappa shape index (κ1) is 16.2. The van der Waals surface area contributed by atoms with Gasteiger partial charge in [-0.25, -0.2) is 0 Å². The van der Waals surface area contributed by atoms with Gasteiger partial charge in [0.25, 0.3) is 0 Å². The molecule has 1 N–H and O–H groups in total. The average Bonchev–Trinajstić information content (AvgIpc) is 3.09. The minimum atomic E-state index is -0.333. The third kappa shape index (κ3) is 3.02. The molecular formula is C14H21N3O3S2. The van der Waals surface area contributed by atoms with Crippen LogP contribution >= 0.6 is 23.1 Å². The van der Waals surface area contributed by atoms with Crippen molar-refractivity contribution >= 4 is 29.0 Å². The Morgan fingerprint density at radius 2 is 2.36 bits per heavy atom. The average molecular weight is 343 g/mol. The molecule has 1 aromatic heterocycles. The molecule has 0 aromatic carbocycles. The van der Waals surface area contributed by atoms with E-state index in [0.29, 0.717) is 18.7 Å². The summed E-state index contributed by atoms with van der Waals surface area (Å²) in [4.78, 5) is 14.5. The lowest BCUT2D eigenvalue weighted by molar-refractivity contribution is -0.137. The summed E-state index contributed by atoms with van der Waals surface area (Å²) in [6.07, 6.45) is 2.71. The van der Waals surface area contributed by atoms with Gasteiger partial charge in [0.05, 0.1) is 23.5 Å². The van der Waals surface area contributed by atoms with Gasteiger partial charge in [0.1, 0.15) is 5.01 Å². The van der Waals surface area contributed by atoms with Crippen LogP contribution in [0.1, 0.15) is 30.7 Å². The van der Waals surface area contributed by atoms with Gasteiger partial charge in [-0.05, 0) is 32.6 Å². The van der Waals surface area contributed by atoms with Crippen LogP contribution in [-0.4, -0.2) is 63.3 Å². The number of methoxy groups -OCH3 is 1. The lowest BCUT2D eigenvalue weighted by Crippen LogP contribution is -2.53. The lowest BCUT2D eigenvalue weighted by Gasteiger charge is -2.42. The normalized spacial score (nSPS) is 31.3. The van der Waals surface area contributed by atoms with E-state index < -0.39 is 0 Å². The number of hydrogen-bond acceptors (Lipinski definition) is 7. The van der Waals surface area contributed by atoms with Crippen molar-refractivity contribution in [3.05, 3.63) is 5.01 Å². The molecule has 6 nitrogen and oxygen atoms in total. The fraction of sp³-hybridized carbons (Fsp3) is 0.786. The minimum Gasteiger partial charge on any atom is -0.393 e. The highest BCUT2D eigenvalue weighted by Gasteiger charge is 2.52. The molecule has 2 aliphatic rings. The smallest absolute Gasteiger partial charge is 0.233 e. The standard InChI is InChI=1S/C14H21N3O3S2/c1-9-15-16-13(22-9)21-8-12(19)17-6-5-14(20-2)4-3-10(18)7-11(14)17/h10-11,18H,3-8H2,1-2H3/t10-,11+,14-/m1/s1. The summed E-state index contributed by atoms with van der Waals surface area (Å²) >= 11 is 2.94. The van der Waals surface area contributed by atoms with Gasteiger partial charge < -0.3 is 14.7 Å². The molecule has 0 spiro atoms. The van der Waals surface area contributed by atoms with E-state index >= 15 is 0 Å². The molecule has 0 radical (unpaired) electrons. The Bertz CT molecular complexity index is 553. The molecule has 1 aromatic rings. The van der Waals surface area contributed by atoms with Crippen molar-refractivity contribution in [3.63, 3.8) is 0 Å². The van der Waals surface area contributed by atoms with Gasteiger partial charge >= 0.3 is 0 Å². The van der Waals surface area contributed by atoms with E-state index in [1.807, 2.05) is 11.8 Å². The highest BCUT2D eigenvalue weighted by molar-refractivity contribution is 8.01. The predicted molar refractivity (Wildman–Crippen MR) is 85.1 cm³/mol. The van der Waals surface area contributed by atoms with Crippen molar-refractivity contribution in [2.24, 2.45) is 0 Å². The van der Waals surface area contributed by atoms with Crippen LogP contribution in [0.15, 0.2) is 4.34 Å². The van der Waals surface area contributed by atoms with Gasteiger partial charge in [-0.3, -0.25) is 4.79 Å². The largest absolute Gasteiger partial charge is 0.393 e. The zero-order valence-corrected chi connectivity index (χ0v) is 14.5. The van der Waals surface area contributed by atoms with E-state index in [9.17, 15) is 9.90 Å². The van der Waals surface area contributed by atoms with Crippen LogP contribution in [0.4, 0.5) is 0 Å². The van der Waals surface area contributed by atoms with Gasteiger partial charge in [0.15, 0.2) is 4.34 Å². The molecule has 1 aliphatic carbocycles. The number of aliphatic hydroxyl groups excluding tert-OH is 1. The number of aromatic nitrogens is 2. The van der Waals surface area contributed by atoms with Crippen molar-refractivity contribution in [1.29, 1.82) is 0 Å². The number of carbonyl (C=O) groups is 1. The van der Waals surface area contributed by atoms with Crippen LogP contribution in [0, 0.1) is 6.92 Å². The van der Waals surface area contributed by atoms with Crippen molar-refractivity contribution in [2.45, 2.75) is 54.7 Å². The molecule has 122 valence electrons. The van der Waals surface area contributed by atoms with E-state index in [-0.39, 0.29) is 23.7 Å². The zero-order chi connectivity index (χ0) is 15.7. The van der Waals surface area contributed by atoms with Gasteiger partial charge in [0, 0.05) is 13.7 Å². The summed E-state index contributed by atoms with van der Waals surface area (Å²) in [5.41, 5.74) is -0.265. The van der Waals surface area contributed by atoms with E-state index in [2.05, 4.69) is 10.2 Å². The maximum absolute atomic E-state index is 12.6. The van der Waals surface area contributed by atoms with E-state index in [1.54, 1.807) is 7.11 Å². The highest BCUT2D eigenvalue weighted by Crippen LogP contribution is 2.42. The van der Waals surface area contributed by atoms with Gasteiger partial charge in [0.2, 0.25) is 5.91 Å². The molecule has 3 atom stereocenters. The van der Waals surface area contributed by atoms with Gasteiger partial charge in [-0.1, -0.05) is 23.1 Å². The first-order valence-corrected chi connectivity index (χ1v) is 9.30. The van der Waals surface area contributed by atoms with E-state index in [1.165, 1.54) is 23.1 Å². The Morgan fingerprint density at radius 3 is 3.05 bits per heavy atom. The number of amides is 1. The number of nitrogens with zero attached hydrogens (tertiary/aromatic N) is 3. The number of hydrogen-bond donors (Lipinski definition) is 1. The van der Waals surface area contributed by atoms with Crippen LogP contribution in [0.25, 0.3) is 0 Å². The number of rotatable bonds is 4. The second kappa shape index (κ2) is 6.43. The fourth-order valence-corrected chi connectivity index (χ4v) is 5.22. The molecule has 2 fully saturated rings. The summed E-state index contributed by atoms with van der Waals surface area (Å²) < 4.78 is 6.59. The Kier molecular flexibility index (Phi) is 4.72. The summed E-state index contributed by atoms with van der Waals surface area (Å²) in [7, 11) is 1.72. The van der Waals surface area contributed by atoms with Crippen molar-refractivity contribution < 1.29 is 14.6 Å². The second-order valence-corrected chi connectivity index (χ2v) is 8.33. The quantitative estimate of drug-likeness (QED) is 0.835. The van der Waals surface area contributed by atoms with Crippen LogP contribution in [0.3, 0.4) is 0 Å². The molecule has 2 heterocycles. The van der Waals surface area contributed by atoms with Crippen LogP contribution in [0.5, 0.6) is 0 Å². The van der Waals surface area contributed by atoms with Crippen molar-refractivity contribution in [3.8, 4) is 0 Å². The Morgan fingerprint density at radius 1 is 1.55 bits per heavy atom. The summed E-state index contributed by atoms with van der Waals surface area (Å²) in [6.45, 7) is 2.61.